The number of benzene rings is 1. The molecule has 2 aliphatic rings. The van der Waals surface area contributed by atoms with E-state index in [1.165, 1.54) is 11.1 Å². The summed E-state index contributed by atoms with van der Waals surface area (Å²) in [5, 5.41) is 10.2. The fraction of sp³-hybridized carbons (Fsp3) is 0.538. The van der Waals surface area contributed by atoms with E-state index in [2.05, 4.69) is 30.1 Å². The molecule has 0 aromatic heterocycles. The highest BCUT2D eigenvalue weighted by Gasteiger charge is 2.41. The lowest BCUT2D eigenvalue weighted by Gasteiger charge is -2.33. The molecule has 2 heteroatoms. The highest BCUT2D eigenvalue weighted by atomic mass is 16.3. The van der Waals surface area contributed by atoms with Crippen LogP contribution in [0.5, 0.6) is 0 Å². The number of aliphatic hydroxyl groups excluding tert-OH is 1. The Morgan fingerprint density at radius 3 is 2.80 bits per heavy atom. The van der Waals surface area contributed by atoms with Gasteiger partial charge in [-0.25, -0.2) is 0 Å². The van der Waals surface area contributed by atoms with E-state index in [9.17, 15) is 5.11 Å². The van der Waals surface area contributed by atoms with Crippen LogP contribution in [-0.4, -0.2) is 30.1 Å². The van der Waals surface area contributed by atoms with Crippen molar-refractivity contribution in [2.45, 2.75) is 18.4 Å². The fourth-order valence-corrected chi connectivity index (χ4v) is 3.19. The van der Waals surface area contributed by atoms with E-state index in [1.54, 1.807) is 0 Å². The van der Waals surface area contributed by atoms with Gasteiger partial charge in [-0.05, 0) is 37.1 Å². The average molecular weight is 203 g/mol. The molecular weight excluding hydrogens is 186 g/mol. The highest BCUT2D eigenvalue weighted by Crippen LogP contribution is 2.48. The predicted octanol–water partition coefficient (Wildman–Crippen LogP) is 1.77. The van der Waals surface area contributed by atoms with Crippen LogP contribution in [-0.2, 0) is 0 Å². The first kappa shape index (κ1) is 9.37. The van der Waals surface area contributed by atoms with Gasteiger partial charge in [0.25, 0.3) is 0 Å². The molecule has 0 saturated carbocycles. The molecule has 1 aromatic rings. The van der Waals surface area contributed by atoms with Crippen LogP contribution >= 0.6 is 0 Å². The Labute approximate surface area is 90.5 Å². The third kappa shape index (κ3) is 1.32. The summed E-state index contributed by atoms with van der Waals surface area (Å²) in [6.07, 6.45) is 0.900. The van der Waals surface area contributed by atoms with Crippen LogP contribution in [0.3, 0.4) is 0 Å². The van der Waals surface area contributed by atoms with Crippen LogP contribution < -0.4 is 0 Å². The van der Waals surface area contributed by atoms with Crippen molar-refractivity contribution in [2.24, 2.45) is 5.92 Å². The zero-order valence-corrected chi connectivity index (χ0v) is 9.06. The Morgan fingerprint density at radius 1 is 1.27 bits per heavy atom. The Bertz CT molecular complexity index is 377. The molecule has 15 heavy (non-hydrogen) atoms. The van der Waals surface area contributed by atoms with Gasteiger partial charge in [-0.15, -0.1) is 0 Å². The molecule has 0 spiro atoms. The Hall–Kier alpha value is -0.860. The Balaban J connectivity index is 2.02. The van der Waals surface area contributed by atoms with E-state index in [1.807, 2.05) is 6.07 Å². The largest absolute Gasteiger partial charge is 0.388 e. The summed E-state index contributed by atoms with van der Waals surface area (Å²) in [5.41, 5.74) is 2.55. The summed E-state index contributed by atoms with van der Waals surface area (Å²) >= 11 is 0. The molecule has 3 rings (SSSR count). The second-order valence-corrected chi connectivity index (χ2v) is 4.90. The number of piperidine rings is 1. The van der Waals surface area contributed by atoms with Gasteiger partial charge in [0, 0.05) is 12.5 Å². The molecule has 1 saturated heterocycles. The van der Waals surface area contributed by atoms with Crippen molar-refractivity contribution in [3.63, 3.8) is 0 Å². The number of likely N-dealkylation sites (tertiary alicyclic amines) is 1. The van der Waals surface area contributed by atoms with Gasteiger partial charge in [0.05, 0.1) is 6.10 Å². The van der Waals surface area contributed by atoms with Crippen molar-refractivity contribution in [1.29, 1.82) is 0 Å². The summed E-state index contributed by atoms with van der Waals surface area (Å²) in [5.74, 6) is 1.01. The van der Waals surface area contributed by atoms with Crippen LogP contribution in [0.2, 0.25) is 0 Å². The van der Waals surface area contributed by atoms with Gasteiger partial charge in [0.15, 0.2) is 0 Å². The van der Waals surface area contributed by atoms with Crippen molar-refractivity contribution in [2.75, 3.05) is 20.1 Å². The van der Waals surface area contributed by atoms with Crippen LogP contribution in [0.4, 0.5) is 0 Å². The number of hydrogen-bond acceptors (Lipinski definition) is 2. The summed E-state index contributed by atoms with van der Waals surface area (Å²) in [7, 11) is 2.17. The minimum Gasteiger partial charge on any atom is -0.388 e. The van der Waals surface area contributed by atoms with E-state index in [0.29, 0.717) is 11.8 Å². The second kappa shape index (κ2) is 3.32. The first-order valence-corrected chi connectivity index (χ1v) is 5.73. The molecule has 1 N–H and O–H groups in total. The van der Waals surface area contributed by atoms with Crippen molar-refractivity contribution in [3.05, 3.63) is 35.4 Å². The van der Waals surface area contributed by atoms with E-state index >= 15 is 0 Å². The number of aliphatic hydroxyl groups is 1. The lowest BCUT2D eigenvalue weighted by Crippen LogP contribution is -2.35. The van der Waals surface area contributed by atoms with Gasteiger partial charge in [0.2, 0.25) is 0 Å². The molecule has 3 atom stereocenters. The van der Waals surface area contributed by atoms with Crippen LogP contribution in [0.25, 0.3) is 0 Å². The zero-order chi connectivity index (χ0) is 10.4. The quantitative estimate of drug-likeness (QED) is 0.694. The van der Waals surface area contributed by atoms with Crippen molar-refractivity contribution in [1.82, 2.24) is 4.90 Å². The van der Waals surface area contributed by atoms with Gasteiger partial charge in [-0.2, -0.15) is 0 Å². The summed E-state index contributed by atoms with van der Waals surface area (Å²) in [4.78, 5) is 2.37. The van der Waals surface area contributed by atoms with Gasteiger partial charge in [-0.3, -0.25) is 0 Å². The van der Waals surface area contributed by atoms with Crippen molar-refractivity contribution in [3.8, 4) is 0 Å². The number of nitrogens with zero attached hydrogens (tertiary/aromatic N) is 1. The number of rotatable bonds is 0. The van der Waals surface area contributed by atoms with Crippen LogP contribution in [0.1, 0.15) is 29.6 Å². The minimum atomic E-state index is -0.222. The number of likely N-dealkylation sites (N-methyl/N-ethyl adjacent to an activating group) is 1. The third-order valence-corrected chi connectivity index (χ3v) is 3.99. The van der Waals surface area contributed by atoms with Gasteiger partial charge < -0.3 is 10.0 Å². The van der Waals surface area contributed by atoms with E-state index in [-0.39, 0.29) is 6.10 Å². The SMILES string of the molecule is CN1CCC2C(O)c3ccccc3C2C1. The number of fused-ring (bicyclic) bond motifs is 3. The average Bonchev–Trinajstić information content (AvgIpc) is 2.54. The topological polar surface area (TPSA) is 23.5 Å². The van der Waals surface area contributed by atoms with E-state index in [0.717, 1.165) is 19.5 Å². The standard InChI is InChI=1S/C13H17NO/c1-14-7-6-11-12(8-14)9-4-2-3-5-10(9)13(11)15/h2-5,11-13,15H,6-8H2,1H3. The van der Waals surface area contributed by atoms with Crippen molar-refractivity contribution < 1.29 is 5.11 Å². The molecule has 0 bridgehead atoms. The normalized spacial score (nSPS) is 34.9. The maximum atomic E-state index is 10.2. The summed E-state index contributed by atoms with van der Waals surface area (Å²) < 4.78 is 0. The molecule has 3 unspecified atom stereocenters. The fourth-order valence-electron chi connectivity index (χ4n) is 3.19. The maximum Gasteiger partial charge on any atom is 0.0827 e. The molecular formula is C13H17NO. The second-order valence-electron chi connectivity index (χ2n) is 4.90. The molecule has 0 radical (unpaired) electrons. The Kier molecular flexibility index (Phi) is 2.08. The Morgan fingerprint density at radius 2 is 2.00 bits per heavy atom. The molecule has 2 nitrogen and oxygen atoms in total. The molecule has 1 aliphatic heterocycles. The van der Waals surface area contributed by atoms with Crippen LogP contribution in [0.15, 0.2) is 24.3 Å². The molecule has 0 amide bonds. The monoisotopic (exact) mass is 203 g/mol. The molecule has 1 heterocycles. The van der Waals surface area contributed by atoms with E-state index < -0.39 is 0 Å². The summed E-state index contributed by atoms with van der Waals surface area (Å²) in [6.45, 7) is 2.21. The first-order valence-electron chi connectivity index (χ1n) is 5.73. The molecule has 1 aromatic carbocycles. The van der Waals surface area contributed by atoms with Gasteiger partial charge in [0.1, 0.15) is 0 Å². The van der Waals surface area contributed by atoms with Crippen molar-refractivity contribution >= 4 is 0 Å². The smallest absolute Gasteiger partial charge is 0.0827 e. The first-order chi connectivity index (χ1) is 7.27. The molecule has 1 aliphatic carbocycles. The predicted molar refractivity (Wildman–Crippen MR) is 59.7 cm³/mol. The third-order valence-electron chi connectivity index (χ3n) is 3.99. The van der Waals surface area contributed by atoms with Crippen LogP contribution in [0, 0.1) is 5.92 Å². The summed E-state index contributed by atoms with van der Waals surface area (Å²) in [6, 6.07) is 8.38. The molecule has 80 valence electrons. The van der Waals surface area contributed by atoms with E-state index in [4.69, 9.17) is 0 Å². The highest BCUT2D eigenvalue weighted by molar-refractivity contribution is 5.39. The zero-order valence-electron chi connectivity index (χ0n) is 9.06. The molecule has 1 fully saturated rings. The lowest BCUT2D eigenvalue weighted by molar-refractivity contribution is 0.0691. The lowest BCUT2D eigenvalue weighted by atomic mass is 9.85. The van der Waals surface area contributed by atoms with Gasteiger partial charge >= 0.3 is 0 Å². The van der Waals surface area contributed by atoms with Gasteiger partial charge in [-0.1, -0.05) is 24.3 Å². The number of hydrogen-bond donors (Lipinski definition) is 1. The minimum absolute atomic E-state index is 0.222. The maximum absolute atomic E-state index is 10.2.